The number of hydrogen-bond acceptors (Lipinski definition) is 6. The average molecular weight is 521 g/mol. The molecule has 1 unspecified atom stereocenters. The van der Waals surface area contributed by atoms with Crippen molar-refractivity contribution < 1.29 is 24.2 Å². The SMILES string of the molecule is CCN(CC)c1ccc(C2/C(=C(\O)c3cc(OC)ccc3Cl)C(=O)C(=O)N2c2ccccc2OC)cc1. The smallest absolute Gasteiger partial charge is 0.300 e. The molecule has 0 aliphatic carbocycles. The largest absolute Gasteiger partial charge is 0.507 e. The van der Waals surface area contributed by atoms with Gasteiger partial charge in [0.15, 0.2) is 0 Å². The van der Waals surface area contributed by atoms with E-state index in [-0.39, 0.29) is 21.9 Å². The highest BCUT2D eigenvalue weighted by atomic mass is 35.5. The topological polar surface area (TPSA) is 79.3 Å². The van der Waals surface area contributed by atoms with Crippen LogP contribution in [0.3, 0.4) is 0 Å². The number of methoxy groups -OCH3 is 2. The third-order valence-corrected chi connectivity index (χ3v) is 6.88. The van der Waals surface area contributed by atoms with E-state index in [0.717, 1.165) is 18.8 Å². The second kappa shape index (κ2) is 11.0. The van der Waals surface area contributed by atoms with Crippen molar-refractivity contribution in [2.45, 2.75) is 19.9 Å². The highest BCUT2D eigenvalue weighted by molar-refractivity contribution is 6.52. The number of anilines is 2. The summed E-state index contributed by atoms with van der Waals surface area (Å²) in [5.74, 6) is -1.10. The predicted octanol–water partition coefficient (Wildman–Crippen LogP) is 5.83. The molecular formula is C29H29ClN2O5. The molecule has 0 spiro atoms. The predicted molar refractivity (Wildman–Crippen MR) is 146 cm³/mol. The minimum absolute atomic E-state index is 0.0679. The summed E-state index contributed by atoms with van der Waals surface area (Å²) in [4.78, 5) is 30.5. The van der Waals surface area contributed by atoms with Gasteiger partial charge in [0, 0.05) is 24.3 Å². The number of para-hydroxylation sites is 2. The number of ketones is 1. The number of amides is 1. The molecule has 1 saturated heterocycles. The summed E-state index contributed by atoms with van der Waals surface area (Å²) in [6, 6.07) is 18.4. The van der Waals surface area contributed by atoms with Gasteiger partial charge >= 0.3 is 0 Å². The Morgan fingerprint density at radius 2 is 1.65 bits per heavy atom. The van der Waals surface area contributed by atoms with E-state index in [2.05, 4.69) is 18.7 Å². The molecule has 0 saturated carbocycles. The summed E-state index contributed by atoms with van der Waals surface area (Å²) < 4.78 is 10.8. The molecule has 1 N–H and O–H groups in total. The van der Waals surface area contributed by atoms with Gasteiger partial charge in [-0.25, -0.2) is 0 Å². The van der Waals surface area contributed by atoms with E-state index in [9.17, 15) is 14.7 Å². The molecule has 8 heteroatoms. The highest BCUT2D eigenvalue weighted by Crippen LogP contribution is 2.46. The summed E-state index contributed by atoms with van der Waals surface area (Å²) in [5.41, 5.74) is 2.21. The van der Waals surface area contributed by atoms with Gasteiger partial charge < -0.3 is 19.5 Å². The molecule has 37 heavy (non-hydrogen) atoms. The molecule has 1 heterocycles. The van der Waals surface area contributed by atoms with Gasteiger partial charge in [-0.3, -0.25) is 14.5 Å². The van der Waals surface area contributed by atoms with Crippen molar-refractivity contribution in [2.24, 2.45) is 0 Å². The number of hydrogen-bond donors (Lipinski definition) is 1. The third-order valence-electron chi connectivity index (χ3n) is 6.56. The quantitative estimate of drug-likeness (QED) is 0.229. The summed E-state index contributed by atoms with van der Waals surface area (Å²) in [7, 11) is 2.99. The summed E-state index contributed by atoms with van der Waals surface area (Å²) in [5, 5.41) is 11.7. The molecular weight excluding hydrogens is 492 g/mol. The highest BCUT2D eigenvalue weighted by Gasteiger charge is 2.48. The van der Waals surface area contributed by atoms with E-state index in [4.69, 9.17) is 21.1 Å². The molecule has 1 amide bonds. The van der Waals surface area contributed by atoms with E-state index in [1.807, 2.05) is 24.3 Å². The maximum Gasteiger partial charge on any atom is 0.300 e. The first-order valence-electron chi connectivity index (χ1n) is 12.0. The standard InChI is InChI=1S/C29H29ClN2O5/c1-5-31(6-2)19-13-11-18(12-14-19)26-25(27(33)21-17-20(36-3)15-16-22(21)30)28(34)29(35)32(26)23-9-7-8-10-24(23)37-4/h7-17,26,33H,5-6H2,1-4H3/b27-25+. The normalized spacial score (nSPS) is 16.7. The Morgan fingerprint density at radius 3 is 2.27 bits per heavy atom. The first-order chi connectivity index (χ1) is 17.9. The second-order valence-corrected chi connectivity index (χ2v) is 8.86. The van der Waals surface area contributed by atoms with Gasteiger partial charge in [0.25, 0.3) is 11.7 Å². The number of ether oxygens (including phenoxy) is 2. The number of Topliss-reactive ketones (excluding diaryl/α,β-unsaturated/α-hetero) is 1. The molecule has 1 fully saturated rings. The minimum atomic E-state index is -0.913. The Labute approximate surface area is 221 Å². The van der Waals surface area contributed by atoms with Crippen molar-refractivity contribution in [1.82, 2.24) is 0 Å². The van der Waals surface area contributed by atoms with Crippen molar-refractivity contribution in [2.75, 3.05) is 37.1 Å². The maximum atomic E-state index is 13.5. The van der Waals surface area contributed by atoms with E-state index < -0.39 is 17.7 Å². The molecule has 0 aromatic heterocycles. The van der Waals surface area contributed by atoms with Crippen molar-refractivity contribution in [3.05, 3.63) is 88.5 Å². The van der Waals surface area contributed by atoms with Crippen LogP contribution in [0.1, 0.15) is 31.0 Å². The summed E-state index contributed by atoms with van der Waals surface area (Å²) in [6.07, 6.45) is 0. The first-order valence-corrected chi connectivity index (χ1v) is 12.4. The third kappa shape index (κ3) is 4.74. The molecule has 3 aromatic carbocycles. The number of halogens is 1. The molecule has 0 radical (unpaired) electrons. The lowest BCUT2D eigenvalue weighted by Gasteiger charge is -2.27. The fraction of sp³-hybridized carbons (Fsp3) is 0.241. The zero-order chi connectivity index (χ0) is 26.7. The lowest BCUT2D eigenvalue weighted by molar-refractivity contribution is -0.132. The fourth-order valence-electron chi connectivity index (χ4n) is 4.64. The van der Waals surface area contributed by atoms with Crippen molar-refractivity contribution in [3.63, 3.8) is 0 Å². The fourth-order valence-corrected chi connectivity index (χ4v) is 4.85. The molecule has 1 atom stereocenters. The van der Waals surface area contributed by atoms with Gasteiger partial charge in [0.05, 0.1) is 36.5 Å². The summed E-state index contributed by atoms with van der Waals surface area (Å²) >= 11 is 6.41. The monoisotopic (exact) mass is 520 g/mol. The lowest BCUT2D eigenvalue weighted by Crippen LogP contribution is -2.30. The minimum Gasteiger partial charge on any atom is -0.507 e. The van der Waals surface area contributed by atoms with Gasteiger partial charge in [-0.15, -0.1) is 0 Å². The zero-order valence-corrected chi connectivity index (χ0v) is 22.0. The van der Waals surface area contributed by atoms with Crippen molar-refractivity contribution in [3.8, 4) is 11.5 Å². The number of rotatable bonds is 8. The van der Waals surface area contributed by atoms with Gasteiger partial charge in [0.1, 0.15) is 17.3 Å². The lowest BCUT2D eigenvalue weighted by atomic mass is 9.94. The Bertz CT molecular complexity index is 1350. The van der Waals surface area contributed by atoms with Crippen molar-refractivity contribution in [1.29, 1.82) is 0 Å². The van der Waals surface area contributed by atoms with Crippen LogP contribution in [0, 0.1) is 0 Å². The van der Waals surface area contributed by atoms with Crippen LogP contribution in [0.15, 0.2) is 72.3 Å². The molecule has 192 valence electrons. The summed E-state index contributed by atoms with van der Waals surface area (Å²) in [6.45, 7) is 5.82. The molecule has 1 aliphatic heterocycles. The van der Waals surface area contributed by atoms with Gasteiger partial charge in [-0.2, -0.15) is 0 Å². The maximum absolute atomic E-state index is 13.5. The number of carbonyl (C=O) groups is 2. The van der Waals surface area contributed by atoms with Crippen LogP contribution in [-0.4, -0.2) is 44.1 Å². The van der Waals surface area contributed by atoms with E-state index in [1.165, 1.54) is 25.2 Å². The Balaban J connectivity index is 1.96. The van der Waals surface area contributed by atoms with E-state index in [1.54, 1.807) is 36.4 Å². The van der Waals surface area contributed by atoms with Crippen LogP contribution < -0.4 is 19.3 Å². The molecule has 7 nitrogen and oxygen atoms in total. The van der Waals surface area contributed by atoms with Gasteiger partial charge in [-0.1, -0.05) is 35.9 Å². The Kier molecular flexibility index (Phi) is 7.74. The van der Waals surface area contributed by atoms with Crippen LogP contribution in [0.25, 0.3) is 5.76 Å². The van der Waals surface area contributed by atoms with E-state index >= 15 is 0 Å². The molecule has 0 bridgehead atoms. The number of nitrogens with zero attached hydrogens (tertiary/aromatic N) is 2. The zero-order valence-electron chi connectivity index (χ0n) is 21.2. The number of aliphatic hydroxyl groups excluding tert-OH is 1. The molecule has 3 aromatic rings. The second-order valence-electron chi connectivity index (χ2n) is 8.45. The number of carbonyl (C=O) groups excluding carboxylic acids is 2. The van der Waals surface area contributed by atoms with Gasteiger partial charge in [0.2, 0.25) is 0 Å². The van der Waals surface area contributed by atoms with Crippen LogP contribution >= 0.6 is 11.6 Å². The Morgan fingerprint density at radius 1 is 0.973 bits per heavy atom. The van der Waals surface area contributed by atoms with Gasteiger partial charge in [-0.05, 0) is 61.9 Å². The van der Waals surface area contributed by atoms with Crippen LogP contribution in [0.2, 0.25) is 5.02 Å². The number of aliphatic hydroxyl groups is 1. The molecule has 4 rings (SSSR count). The number of benzene rings is 3. The Hall–Kier alpha value is -3.97. The average Bonchev–Trinajstić information content (AvgIpc) is 3.19. The van der Waals surface area contributed by atoms with E-state index in [0.29, 0.717) is 22.7 Å². The van der Waals surface area contributed by atoms with Crippen LogP contribution in [0.5, 0.6) is 11.5 Å². The van der Waals surface area contributed by atoms with Crippen LogP contribution in [0.4, 0.5) is 11.4 Å². The first kappa shape index (κ1) is 26.1. The van der Waals surface area contributed by atoms with Crippen molar-refractivity contribution >= 4 is 40.4 Å². The van der Waals surface area contributed by atoms with Crippen LogP contribution in [-0.2, 0) is 9.59 Å². The molecule has 1 aliphatic rings.